The molecule has 2 heterocycles. The van der Waals surface area contributed by atoms with Crippen LogP contribution in [-0.4, -0.2) is 27.6 Å². The Morgan fingerprint density at radius 1 is 1.28 bits per heavy atom. The van der Waals surface area contributed by atoms with Crippen LogP contribution >= 0.6 is 0 Å². The van der Waals surface area contributed by atoms with Gasteiger partial charge in [-0.1, -0.05) is 25.0 Å². The zero-order chi connectivity index (χ0) is 17.4. The van der Waals surface area contributed by atoms with E-state index in [-0.39, 0.29) is 24.4 Å². The minimum absolute atomic E-state index is 0.0516. The lowest BCUT2D eigenvalue weighted by Gasteiger charge is -2.26. The molecule has 2 aromatic rings. The Hall–Kier alpha value is -2.06. The first-order valence-corrected chi connectivity index (χ1v) is 8.57. The van der Waals surface area contributed by atoms with E-state index >= 15 is 0 Å². The van der Waals surface area contributed by atoms with Crippen LogP contribution in [0.15, 0.2) is 24.3 Å². The SMILES string of the molecule is O=C(OCc1nc2ccccc2n1C(F)F)C1NNC2CCCCC21. The lowest BCUT2D eigenvalue weighted by atomic mass is 9.82. The number of esters is 1. The maximum Gasteiger partial charge on any atom is 0.325 e. The van der Waals surface area contributed by atoms with E-state index in [0.29, 0.717) is 11.0 Å². The number of imidazole rings is 1. The van der Waals surface area contributed by atoms with Crippen LogP contribution < -0.4 is 10.9 Å². The first-order valence-electron chi connectivity index (χ1n) is 8.57. The fourth-order valence-corrected chi connectivity index (χ4v) is 3.91. The summed E-state index contributed by atoms with van der Waals surface area (Å²) in [4.78, 5) is 16.6. The topological polar surface area (TPSA) is 68.2 Å². The Kier molecular flexibility index (Phi) is 4.39. The number of nitrogens with zero attached hydrogens (tertiary/aromatic N) is 2. The number of ether oxygens (including phenoxy) is 1. The fraction of sp³-hybridized carbons (Fsp3) is 0.529. The van der Waals surface area contributed by atoms with Gasteiger partial charge >= 0.3 is 12.5 Å². The number of carbonyl (C=O) groups is 1. The van der Waals surface area contributed by atoms with Gasteiger partial charge in [0.15, 0.2) is 5.82 Å². The summed E-state index contributed by atoms with van der Waals surface area (Å²) in [5, 5.41) is 0. The van der Waals surface area contributed by atoms with Gasteiger partial charge in [-0.2, -0.15) is 8.78 Å². The third-order valence-corrected chi connectivity index (χ3v) is 5.13. The highest BCUT2D eigenvalue weighted by atomic mass is 19.3. The van der Waals surface area contributed by atoms with Gasteiger partial charge in [0.05, 0.1) is 11.0 Å². The molecule has 0 radical (unpaired) electrons. The molecule has 0 spiro atoms. The summed E-state index contributed by atoms with van der Waals surface area (Å²) < 4.78 is 32.9. The van der Waals surface area contributed by atoms with Gasteiger partial charge in [-0.3, -0.25) is 14.8 Å². The standard InChI is InChI=1S/C17H20F2N4O2/c18-17(19)23-13-8-4-3-7-12(13)20-14(23)9-25-16(24)15-10-5-1-2-6-11(10)21-22-15/h3-4,7-8,10-11,15,17,21-22H,1-2,5-6,9H2. The number of benzene rings is 1. The van der Waals surface area contributed by atoms with Gasteiger partial charge < -0.3 is 4.74 Å². The number of nitrogens with one attached hydrogen (secondary N) is 2. The lowest BCUT2D eigenvalue weighted by molar-refractivity contribution is -0.149. The monoisotopic (exact) mass is 350 g/mol. The van der Waals surface area contributed by atoms with Crippen LogP contribution in [0.2, 0.25) is 0 Å². The minimum Gasteiger partial charge on any atom is -0.456 e. The van der Waals surface area contributed by atoms with Crippen molar-refractivity contribution in [1.82, 2.24) is 20.4 Å². The van der Waals surface area contributed by atoms with Gasteiger partial charge in [0.2, 0.25) is 0 Å². The molecule has 1 saturated heterocycles. The molecule has 3 unspecified atom stereocenters. The van der Waals surface area contributed by atoms with Gasteiger partial charge in [0.1, 0.15) is 12.6 Å². The number of carbonyl (C=O) groups excluding carboxylic acids is 1. The molecule has 6 nitrogen and oxygen atoms in total. The van der Waals surface area contributed by atoms with E-state index in [9.17, 15) is 13.6 Å². The van der Waals surface area contributed by atoms with Crippen LogP contribution in [0.5, 0.6) is 0 Å². The zero-order valence-electron chi connectivity index (χ0n) is 13.6. The van der Waals surface area contributed by atoms with Crippen molar-refractivity contribution in [3.8, 4) is 0 Å². The van der Waals surface area contributed by atoms with E-state index in [2.05, 4.69) is 15.8 Å². The summed E-state index contributed by atoms with van der Waals surface area (Å²) >= 11 is 0. The molecule has 1 aliphatic carbocycles. The summed E-state index contributed by atoms with van der Waals surface area (Å²) in [6, 6.07) is 6.49. The second-order valence-corrected chi connectivity index (χ2v) is 6.59. The number of hydrogen-bond donors (Lipinski definition) is 2. The normalized spacial score (nSPS) is 26.1. The Labute approximate surface area is 143 Å². The van der Waals surface area contributed by atoms with E-state index in [0.717, 1.165) is 30.3 Å². The Morgan fingerprint density at radius 3 is 2.92 bits per heavy atom. The molecule has 0 bridgehead atoms. The predicted molar refractivity (Wildman–Crippen MR) is 86.6 cm³/mol. The molecule has 3 atom stereocenters. The quantitative estimate of drug-likeness (QED) is 0.830. The number of aromatic nitrogens is 2. The average Bonchev–Trinajstić information content (AvgIpc) is 3.20. The van der Waals surface area contributed by atoms with E-state index in [4.69, 9.17) is 4.74 Å². The molecular weight excluding hydrogens is 330 g/mol. The van der Waals surface area contributed by atoms with Gasteiger partial charge in [0, 0.05) is 12.0 Å². The van der Waals surface area contributed by atoms with Crippen molar-refractivity contribution in [3.05, 3.63) is 30.1 Å². The lowest BCUT2D eigenvalue weighted by Crippen LogP contribution is -2.40. The first-order chi connectivity index (χ1) is 12.1. The van der Waals surface area contributed by atoms with Gasteiger partial charge in [-0.05, 0) is 25.0 Å². The van der Waals surface area contributed by atoms with E-state index in [1.165, 1.54) is 0 Å². The summed E-state index contributed by atoms with van der Waals surface area (Å²) in [5.41, 5.74) is 6.94. The second kappa shape index (κ2) is 6.68. The maximum absolute atomic E-state index is 13.4. The summed E-state index contributed by atoms with van der Waals surface area (Å²) in [5.74, 6) is -0.180. The van der Waals surface area contributed by atoms with Crippen LogP contribution in [0.25, 0.3) is 11.0 Å². The number of hydrazine groups is 1. The number of fused-ring (bicyclic) bond motifs is 2. The molecule has 1 aromatic heterocycles. The van der Waals surface area contributed by atoms with Gasteiger partial charge in [-0.25, -0.2) is 10.4 Å². The molecule has 2 N–H and O–H groups in total. The van der Waals surface area contributed by atoms with Crippen molar-refractivity contribution >= 4 is 17.0 Å². The minimum atomic E-state index is -2.74. The van der Waals surface area contributed by atoms with E-state index in [1.54, 1.807) is 24.3 Å². The van der Waals surface area contributed by atoms with Gasteiger partial charge in [-0.15, -0.1) is 0 Å². The Bertz CT molecular complexity index is 779. The molecule has 134 valence electrons. The molecule has 0 amide bonds. The molecular formula is C17H20F2N4O2. The average molecular weight is 350 g/mol. The van der Waals surface area contributed by atoms with Crippen LogP contribution in [0.3, 0.4) is 0 Å². The summed E-state index contributed by atoms with van der Waals surface area (Å²) in [7, 11) is 0. The van der Waals surface area contributed by atoms with Crippen molar-refractivity contribution < 1.29 is 18.3 Å². The molecule has 4 rings (SSSR count). The highest BCUT2D eigenvalue weighted by molar-refractivity contribution is 5.77. The number of para-hydroxylation sites is 2. The van der Waals surface area contributed by atoms with Crippen molar-refractivity contribution in [3.63, 3.8) is 0 Å². The molecule has 1 aliphatic heterocycles. The number of alkyl halides is 2. The molecule has 25 heavy (non-hydrogen) atoms. The first kappa shape index (κ1) is 16.4. The highest BCUT2D eigenvalue weighted by Crippen LogP contribution is 2.31. The largest absolute Gasteiger partial charge is 0.456 e. The smallest absolute Gasteiger partial charge is 0.325 e. The number of hydrogen-bond acceptors (Lipinski definition) is 5. The number of halogens is 2. The Morgan fingerprint density at radius 2 is 2.08 bits per heavy atom. The van der Waals surface area contributed by atoms with Crippen LogP contribution in [-0.2, 0) is 16.1 Å². The maximum atomic E-state index is 13.4. The molecule has 2 fully saturated rings. The van der Waals surface area contributed by atoms with Crippen molar-refractivity contribution in [1.29, 1.82) is 0 Å². The molecule has 1 aromatic carbocycles. The third kappa shape index (κ3) is 3.00. The molecule has 8 heteroatoms. The molecule has 2 aliphatic rings. The summed E-state index contributed by atoms with van der Waals surface area (Å²) in [6.45, 7) is -3.01. The van der Waals surface area contributed by atoms with E-state index in [1.807, 2.05) is 0 Å². The van der Waals surface area contributed by atoms with Crippen molar-refractivity contribution in [2.45, 2.75) is 50.9 Å². The second-order valence-electron chi connectivity index (χ2n) is 6.59. The Balaban J connectivity index is 1.49. The highest BCUT2D eigenvalue weighted by Gasteiger charge is 2.42. The zero-order valence-corrected chi connectivity index (χ0v) is 13.6. The van der Waals surface area contributed by atoms with Crippen LogP contribution in [0.4, 0.5) is 8.78 Å². The fourth-order valence-electron chi connectivity index (χ4n) is 3.91. The third-order valence-electron chi connectivity index (χ3n) is 5.13. The van der Waals surface area contributed by atoms with E-state index < -0.39 is 18.6 Å². The predicted octanol–water partition coefficient (Wildman–Crippen LogP) is 2.51. The number of rotatable bonds is 4. The van der Waals surface area contributed by atoms with Crippen LogP contribution in [0.1, 0.15) is 38.1 Å². The van der Waals surface area contributed by atoms with Gasteiger partial charge in [0.25, 0.3) is 0 Å². The van der Waals surface area contributed by atoms with Crippen LogP contribution in [0, 0.1) is 5.92 Å². The van der Waals surface area contributed by atoms with Crippen molar-refractivity contribution in [2.75, 3.05) is 0 Å². The molecule has 1 saturated carbocycles. The summed E-state index contributed by atoms with van der Waals surface area (Å²) in [6.07, 6.45) is 4.23. The van der Waals surface area contributed by atoms with Crippen molar-refractivity contribution in [2.24, 2.45) is 5.92 Å².